The summed E-state index contributed by atoms with van der Waals surface area (Å²) < 4.78 is 33.3. The number of methoxy groups -OCH3 is 2. The SMILES string of the molecule is COc1cc(/C=C\CO)cc(OC)c1O[C@@H]1OC(CO)[C@H](O)[C@H](O)C1O[C@@H]1OC[C@](O)(CO)C1O. The second-order valence-corrected chi connectivity index (χ2v) is 8.15. The van der Waals surface area contributed by atoms with E-state index in [9.17, 15) is 30.6 Å². The van der Waals surface area contributed by atoms with Gasteiger partial charge in [-0.05, 0) is 17.7 Å². The minimum Gasteiger partial charge on any atom is -0.493 e. The highest BCUT2D eigenvalue weighted by Crippen LogP contribution is 2.41. The molecule has 13 nitrogen and oxygen atoms in total. The third kappa shape index (κ3) is 5.70. The summed E-state index contributed by atoms with van der Waals surface area (Å²) in [7, 11) is 2.76. The van der Waals surface area contributed by atoms with Crippen molar-refractivity contribution < 1.29 is 64.2 Å². The smallest absolute Gasteiger partial charge is 0.230 e. The maximum absolute atomic E-state index is 10.7. The lowest BCUT2D eigenvalue weighted by atomic mass is 9.98. The van der Waals surface area contributed by atoms with Crippen molar-refractivity contribution in [2.45, 2.75) is 48.7 Å². The van der Waals surface area contributed by atoms with Gasteiger partial charge in [0.1, 0.15) is 30.0 Å². The van der Waals surface area contributed by atoms with Crippen LogP contribution in [0.1, 0.15) is 5.56 Å². The fourth-order valence-electron chi connectivity index (χ4n) is 3.78. The van der Waals surface area contributed by atoms with Gasteiger partial charge in [0.15, 0.2) is 23.9 Å². The highest BCUT2D eigenvalue weighted by Gasteiger charge is 2.53. The molecule has 0 radical (unpaired) electrons. The maximum Gasteiger partial charge on any atom is 0.230 e. The van der Waals surface area contributed by atoms with Crippen LogP contribution in [0.4, 0.5) is 0 Å². The number of hydrogen-bond acceptors (Lipinski definition) is 13. The monoisotopic (exact) mass is 504 g/mol. The number of aliphatic hydroxyl groups is 7. The van der Waals surface area contributed by atoms with Gasteiger partial charge in [0.25, 0.3) is 0 Å². The van der Waals surface area contributed by atoms with Crippen LogP contribution in [0, 0.1) is 0 Å². The van der Waals surface area contributed by atoms with Crippen molar-refractivity contribution >= 4 is 6.08 Å². The zero-order valence-corrected chi connectivity index (χ0v) is 19.3. The third-order valence-electron chi connectivity index (χ3n) is 5.83. The Morgan fingerprint density at radius 1 is 1.03 bits per heavy atom. The van der Waals surface area contributed by atoms with Crippen LogP contribution >= 0.6 is 0 Å². The summed E-state index contributed by atoms with van der Waals surface area (Å²) in [5.41, 5.74) is -1.37. The minimum absolute atomic E-state index is 0.0368. The van der Waals surface area contributed by atoms with E-state index in [2.05, 4.69) is 0 Å². The van der Waals surface area contributed by atoms with E-state index in [1.54, 1.807) is 18.2 Å². The molecule has 35 heavy (non-hydrogen) atoms. The molecule has 0 spiro atoms. The van der Waals surface area contributed by atoms with Crippen LogP contribution in [0.15, 0.2) is 18.2 Å². The standard InChI is InChI=1S/C22H32O13/c1-30-12-6-11(4-3-5-23)7-13(31-2)17(12)34-20-18(16(27)15(26)14(8-24)33-20)35-21-19(28)22(29,9-25)10-32-21/h3-4,6-7,14-16,18-21,23-29H,5,8-10H2,1-2H3/b4-3-/t14?,15-,16-,18?,19?,20-,21-,22+/m0/s1. The first-order valence-corrected chi connectivity index (χ1v) is 10.8. The number of rotatable bonds is 10. The van der Waals surface area contributed by atoms with Crippen LogP contribution < -0.4 is 14.2 Å². The Hall–Kier alpha value is -2.04. The van der Waals surface area contributed by atoms with E-state index in [0.717, 1.165) is 0 Å². The van der Waals surface area contributed by atoms with Gasteiger partial charge in [-0.15, -0.1) is 0 Å². The molecule has 1 aromatic rings. The van der Waals surface area contributed by atoms with E-state index in [-0.39, 0.29) is 23.9 Å². The second kappa shape index (κ2) is 11.8. The van der Waals surface area contributed by atoms with Crippen LogP contribution in [-0.2, 0) is 14.2 Å². The molecule has 2 aliphatic heterocycles. The summed E-state index contributed by atoms with van der Waals surface area (Å²) in [6, 6.07) is 3.17. The van der Waals surface area contributed by atoms with E-state index in [1.165, 1.54) is 20.3 Å². The quantitative estimate of drug-likeness (QED) is 0.175. The molecule has 0 aliphatic carbocycles. The van der Waals surface area contributed by atoms with Crippen molar-refractivity contribution in [1.29, 1.82) is 0 Å². The Bertz CT molecular complexity index is 839. The molecule has 2 fully saturated rings. The first-order chi connectivity index (χ1) is 16.7. The minimum atomic E-state index is -1.99. The van der Waals surface area contributed by atoms with Gasteiger partial charge >= 0.3 is 0 Å². The summed E-state index contributed by atoms with van der Waals surface area (Å²) in [4.78, 5) is 0. The normalized spacial score (nSPS) is 35.4. The van der Waals surface area contributed by atoms with Crippen molar-refractivity contribution in [3.05, 3.63) is 23.8 Å². The summed E-state index contributed by atoms with van der Waals surface area (Å²) in [5.74, 6) is 0.421. The molecular formula is C22H32O13. The predicted octanol–water partition coefficient (Wildman–Crippen LogP) is -2.65. The Morgan fingerprint density at radius 2 is 1.69 bits per heavy atom. The van der Waals surface area contributed by atoms with Gasteiger partial charge in [-0.25, -0.2) is 0 Å². The maximum atomic E-state index is 10.7. The van der Waals surface area contributed by atoms with Gasteiger partial charge in [-0.1, -0.05) is 12.2 Å². The Balaban J connectivity index is 1.93. The first-order valence-electron chi connectivity index (χ1n) is 10.8. The van der Waals surface area contributed by atoms with Gasteiger partial charge in [0.05, 0.1) is 40.6 Å². The summed E-state index contributed by atoms with van der Waals surface area (Å²) in [6.07, 6.45) is -7.54. The summed E-state index contributed by atoms with van der Waals surface area (Å²) >= 11 is 0. The topological polar surface area (TPSA) is 197 Å². The van der Waals surface area contributed by atoms with Crippen molar-refractivity contribution in [3.63, 3.8) is 0 Å². The predicted molar refractivity (Wildman–Crippen MR) is 117 cm³/mol. The Kier molecular flexibility index (Phi) is 9.28. The van der Waals surface area contributed by atoms with Crippen LogP contribution in [-0.4, -0.2) is 125 Å². The molecule has 0 saturated carbocycles. The van der Waals surface area contributed by atoms with Gasteiger partial charge < -0.3 is 64.2 Å². The molecule has 8 atom stereocenters. The van der Waals surface area contributed by atoms with Gasteiger partial charge in [0.2, 0.25) is 12.0 Å². The van der Waals surface area contributed by atoms with Gasteiger partial charge in [-0.3, -0.25) is 0 Å². The van der Waals surface area contributed by atoms with Crippen LogP contribution in [0.25, 0.3) is 6.08 Å². The average Bonchev–Trinajstić information content (AvgIpc) is 3.16. The van der Waals surface area contributed by atoms with Crippen LogP contribution in [0.3, 0.4) is 0 Å². The lowest BCUT2D eigenvalue weighted by molar-refractivity contribution is -0.319. The molecule has 3 rings (SSSR count). The first kappa shape index (κ1) is 27.5. The lowest BCUT2D eigenvalue weighted by Crippen LogP contribution is -2.62. The van der Waals surface area contributed by atoms with Crippen LogP contribution in [0.2, 0.25) is 0 Å². The third-order valence-corrected chi connectivity index (χ3v) is 5.83. The molecule has 0 bridgehead atoms. The van der Waals surface area contributed by atoms with Crippen molar-refractivity contribution in [1.82, 2.24) is 0 Å². The molecule has 1 aromatic carbocycles. The number of benzene rings is 1. The Morgan fingerprint density at radius 3 is 2.20 bits per heavy atom. The fourth-order valence-corrected chi connectivity index (χ4v) is 3.78. The average molecular weight is 504 g/mol. The number of aliphatic hydroxyl groups excluding tert-OH is 6. The van der Waals surface area contributed by atoms with Crippen molar-refractivity contribution in [2.75, 3.05) is 40.6 Å². The summed E-state index contributed by atoms with van der Waals surface area (Å²) in [6.45, 7) is -2.09. The Labute approximate surface area is 201 Å². The van der Waals surface area contributed by atoms with Crippen molar-refractivity contribution in [3.8, 4) is 17.2 Å². The molecule has 2 aliphatic rings. The zero-order chi connectivity index (χ0) is 25.8. The molecule has 7 N–H and O–H groups in total. The number of hydrogen-bond donors (Lipinski definition) is 7. The highest BCUT2D eigenvalue weighted by molar-refractivity contribution is 5.62. The molecular weight excluding hydrogens is 472 g/mol. The molecule has 0 amide bonds. The van der Waals surface area contributed by atoms with Gasteiger partial charge in [0, 0.05) is 0 Å². The molecule has 0 aromatic heterocycles. The van der Waals surface area contributed by atoms with E-state index in [1.807, 2.05) is 0 Å². The highest BCUT2D eigenvalue weighted by atomic mass is 16.8. The second-order valence-electron chi connectivity index (χ2n) is 8.15. The lowest BCUT2D eigenvalue weighted by Gasteiger charge is -2.42. The molecule has 2 heterocycles. The zero-order valence-electron chi connectivity index (χ0n) is 19.3. The summed E-state index contributed by atoms with van der Waals surface area (Å²) in [5, 5.41) is 69.6. The van der Waals surface area contributed by atoms with Gasteiger partial charge in [-0.2, -0.15) is 0 Å². The number of ether oxygens (including phenoxy) is 6. The molecule has 13 heteroatoms. The largest absolute Gasteiger partial charge is 0.493 e. The fraction of sp³-hybridized carbons (Fsp3) is 0.636. The van der Waals surface area contributed by atoms with E-state index in [4.69, 9.17) is 33.5 Å². The molecule has 2 saturated heterocycles. The van der Waals surface area contributed by atoms with E-state index < -0.39 is 68.5 Å². The van der Waals surface area contributed by atoms with Crippen LogP contribution in [0.5, 0.6) is 17.2 Å². The molecule has 198 valence electrons. The van der Waals surface area contributed by atoms with E-state index >= 15 is 0 Å². The molecule has 3 unspecified atom stereocenters. The van der Waals surface area contributed by atoms with E-state index in [0.29, 0.717) is 5.56 Å². The van der Waals surface area contributed by atoms with Crippen molar-refractivity contribution in [2.24, 2.45) is 0 Å².